The van der Waals surface area contributed by atoms with Crippen LogP contribution in [0.1, 0.15) is 64.1 Å². The van der Waals surface area contributed by atoms with Crippen molar-refractivity contribution in [2.75, 3.05) is 26.4 Å². The summed E-state index contributed by atoms with van der Waals surface area (Å²) in [6.07, 6.45) is 2.46. The third-order valence-electron chi connectivity index (χ3n) is 4.01. The van der Waals surface area contributed by atoms with Crippen LogP contribution in [0.2, 0.25) is 0 Å². The zero-order chi connectivity index (χ0) is 23.5. The molecule has 0 saturated heterocycles. The molecule has 0 radical (unpaired) electrons. The molecule has 0 N–H and O–H groups in total. The first kappa shape index (κ1) is 26.8. The van der Waals surface area contributed by atoms with E-state index < -0.39 is 15.2 Å². The molecule has 2 rings (SSSR count). The van der Waals surface area contributed by atoms with Crippen LogP contribution in [0.5, 0.6) is 0 Å². The van der Waals surface area contributed by atoms with Crippen molar-refractivity contribution in [1.82, 2.24) is 20.4 Å². The van der Waals surface area contributed by atoms with Crippen molar-refractivity contribution in [3.8, 4) is 0 Å². The highest BCUT2D eigenvalue weighted by Crippen LogP contribution is 2.51. The fraction of sp³-hybridized carbons (Fsp3) is 0.778. The molecule has 0 aliphatic heterocycles. The summed E-state index contributed by atoms with van der Waals surface area (Å²) in [5, 5.41) is 15.8. The van der Waals surface area contributed by atoms with Crippen molar-refractivity contribution >= 4 is 15.2 Å². The van der Waals surface area contributed by atoms with E-state index in [0.29, 0.717) is 24.6 Å². The van der Waals surface area contributed by atoms with Crippen LogP contribution in [-0.2, 0) is 52.4 Å². The minimum Gasteiger partial charge on any atom is -0.425 e. The Morgan fingerprint density at radius 2 is 0.906 bits per heavy atom. The van der Waals surface area contributed by atoms with Crippen molar-refractivity contribution < 1.29 is 36.1 Å². The van der Waals surface area contributed by atoms with Crippen molar-refractivity contribution in [1.29, 1.82) is 0 Å². The number of nitrogens with zero attached hydrogens (tertiary/aromatic N) is 4. The van der Waals surface area contributed by atoms with Crippen LogP contribution < -0.4 is 0 Å². The van der Waals surface area contributed by atoms with Gasteiger partial charge in [0.25, 0.3) is 0 Å². The van der Waals surface area contributed by atoms with Gasteiger partial charge in [0.15, 0.2) is 0 Å². The predicted octanol–water partition coefficient (Wildman–Crippen LogP) is 4.55. The van der Waals surface area contributed by atoms with Crippen LogP contribution >= 0.6 is 15.2 Å². The van der Waals surface area contributed by atoms with E-state index in [1.807, 2.05) is 0 Å². The highest BCUT2D eigenvalue weighted by Gasteiger charge is 2.28. The quantitative estimate of drug-likeness (QED) is 0.224. The Morgan fingerprint density at radius 1 is 0.594 bits per heavy atom. The summed E-state index contributed by atoms with van der Waals surface area (Å²) in [4.78, 5) is 0. The van der Waals surface area contributed by atoms with Gasteiger partial charge in [-0.2, -0.15) is 0 Å². The molecule has 0 aliphatic rings. The Bertz CT molecular complexity index is 811. The lowest BCUT2D eigenvalue weighted by Crippen LogP contribution is -1.99. The van der Waals surface area contributed by atoms with Crippen LogP contribution in [0, 0.1) is 0 Å². The Labute approximate surface area is 187 Å². The molecule has 0 fully saturated rings. The van der Waals surface area contributed by atoms with E-state index in [0.717, 1.165) is 12.8 Å². The van der Waals surface area contributed by atoms with Crippen LogP contribution in [-0.4, -0.2) is 46.8 Å². The van der Waals surface area contributed by atoms with Gasteiger partial charge in [0, 0.05) is 12.8 Å². The topological polar surface area (TPSA) is 149 Å². The van der Waals surface area contributed by atoms with Crippen molar-refractivity contribution in [2.45, 2.75) is 65.7 Å². The highest BCUT2D eigenvalue weighted by atomic mass is 31.2. The normalized spacial score (nSPS) is 12.5. The molecule has 12 nitrogen and oxygen atoms in total. The zero-order valence-electron chi connectivity index (χ0n) is 19.0. The van der Waals surface area contributed by atoms with E-state index >= 15 is 0 Å². The largest absolute Gasteiger partial charge is 0.425 e. The van der Waals surface area contributed by atoms with Gasteiger partial charge in [-0.15, -0.1) is 20.4 Å². The minimum atomic E-state index is -3.28. The number of rotatable bonds is 17. The molecule has 0 atom stereocenters. The van der Waals surface area contributed by atoms with Crippen LogP contribution in [0.15, 0.2) is 8.83 Å². The smallest absolute Gasteiger partial charge is 0.339 e. The van der Waals surface area contributed by atoms with Gasteiger partial charge in [-0.1, -0.05) is 0 Å². The molecule has 0 aromatic carbocycles. The summed E-state index contributed by atoms with van der Waals surface area (Å²) >= 11 is 0. The Kier molecular flexibility index (Phi) is 11.2. The van der Waals surface area contributed by atoms with Gasteiger partial charge in [0.05, 0.1) is 26.4 Å². The van der Waals surface area contributed by atoms with Gasteiger partial charge in [0.1, 0.15) is 12.3 Å². The van der Waals surface area contributed by atoms with E-state index in [9.17, 15) is 9.13 Å². The molecule has 2 heterocycles. The molecular formula is C18H32N4O8P2. The molecule has 0 unspecified atom stereocenters. The van der Waals surface area contributed by atoms with Gasteiger partial charge >= 0.3 is 15.2 Å². The number of hydrogen-bond donors (Lipinski definition) is 0. The maximum Gasteiger partial charge on any atom is 0.339 e. The summed E-state index contributed by atoms with van der Waals surface area (Å²) in [5.74, 6) is 1.33. The second-order valence-corrected chi connectivity index (χ2v) is 10.7. The second kappa shape index (κ2) is 13.3. The third kappa shape index (κ3) is 8.84. The number of hydrogen-bond acceptors (Lipinski definition) is 12. The predicted molar refractivity (Wildman–Crippen MR) is 114 cm³/mol. The molecule has 2 aromatic rings. The lowest BCUT2D eigenvalue weighted by atomic mass is 10.2. The first-order valence-electron chi connectivity index (χ1n) is 10.7. The van der Waals surface area contributed by atoms with E-state index in [2.05, 4.69) is 20.4 Å². The van der Waals surface area contributed by atoms with Crippen LogP contribution in [0.3, 0.4) is 0 Å². The second-order valence-electron chi connectivity index (χ2n) is 6.60. The first-order chi connectivity index (χ1) is 15.3. The van der Waals surface area contributed by atoms with Crippen molar-refractivity contribution in [3.63, 3.8) is 0 Å². The SMILES string of the molecule is CCOP(=O)(Cc1nnc(CCCCc2nnc(CP(=O)(OCC)OCC)o2)o1)OCC. The maximum absolute atomic E-state index is 12.5. The van der Waals surface area contributed by atoms with E-state index in [-0.39, 0.29) is 50.5 Å². The summed E-state index contributed by atoms with van der Waals surface area (Å²) < 4.78 is 57.2. The monoisotopic (exact) mass is 494 g/mol. The molecule has 32 heavy (non-hydrogen) atoms. The first-order valence-corrected chi connectivity index (χ1v) is 14.2. The average Bonchev–Trinajstić information content (AvgIpc) is 3.35. The maximum atomic E-state index is 12.5. The van der Waals surface area contributed by atoms with E-state index in [4.69, 9.17) is 26.9 Å². The summed E-state index contributed by atoms with van der Waals surface area (Å²) in [7, 11) is -6.57. The van der Waals surface area contributed by atoms with Crippen molar-refractivity contribution in [2.24, 2.45) is 0 Å². The van der Waals surface area contributed by atoms with Crippen LogP contribution in [0.25, 0.3) is 0 Å². The fourth-order valence-corrected chi connectivity index (χ4v) is 5.84. The third-order valence-corrected chi connectivity index (χ3v) is 7.93. The number of aryl methyl sites for hydroxylation is 2. The lowest BCUT2D eigenvalue weighted by molar-refractivity contribution is 0.215. The standard InChI is InChI=1S/C18H32N4O8P2/c1-5-25-31(23,26-6-2)13-17-21-19-15(29-17)11-9-10-12-16-20-22-18(30-16)14-32(24,27-7-3)28-8-4/h5-14H2,1-4H3. The van der Waals surface area contributed by atoms with Gasteiger partial charge < -0.3 is 26.9 Å². The zero-order valence-corrected chi connectivity index (χ0v) is 20.8. The summed E-state index contributed by atoms with van der Waals surface area (Å²) in [6, 6.07) is 0. The summed E-state index contributed by atoms with van der Waals surface area (Å²) in [6.45, 7) is 8.05. The fourth-order valence-electron chi connectivity index (χ4n) is 2.83. The number of unbranched alkanes of at least 4 members (excludes halogenated alkanes) is 1. The van der Waals surface area contributed by atoms with Gasteiger partial charge in [-0.3, -0.25) is 9.13 Å². The van der Waals surface area contributed by atoms with E-state index in [1.54, 1.807) is 27.7 Å². The molecular weight excluding hydrogens is 462 g/mol. The summed E-state index contributed by atoms with van der Waals surface area (Å²) in [5.41, 5.74) is 0. The molecule has 0 saturated carbocycles. The van der Waals surface area contributed by atoms with E-state index in [1.165, 1.54) is 0 Å². The molecule has 0 spiro atoms. The Hall–Kier alpha value is -1.42. The van der Waals surface area contributed by atoms with Crippen molar-refractivity contribution in [3.05, 3.63) is 23.6 Å². The number of aromatic nitrogens is 4. The molecule has 14 heteroatoms. The molecule has 0 aliphatic carbocycles. The van der Waals surface area contributed by atoms with Gasteiger partial charge in [-0.25, -0.2) is 0 Å². The Morgan fingerprint density at radius 3 is 1.22 bits per heavy atom. The molecule has 2 aromatic heterocycles. The molecule has 0 amide bonds. The minimum absolute atomic E-state index is 0.0558. The van der Waals surface area contributed by atoms with Crippen LogP contribution in [0.4, 0.5) is 0 Å². The van der Waals surface area contributed by atoms with Gasteiger partial charge in [0.2, 0.25) is 23.6 Å². The lowest BCUT2D eigenvalue weighted by Gasteiger charge is -2.14. The molecule has 182 valence electrons. The average molecular weight is 494 g/mol. The highest BCUT2D eigenvalue weighted by molar-refractivity contribution is 7.53. The Balaban J connectivity index is 1.79. The van der Waals surface area contributed by atoms with Gasteiger partial charge in [-0.05, 0) is 40.5 Å². The molecule has 0 bridgehead atoms.